The van der Waals surface area contributed by atoms with Crippen molar-refractivity contribution in [1.82, 2.24) is 0 Å². The summed E-state index contributed by atoms with van der Waals surface area (Å²) in [5.41, 5.74) is 0. The molecule has 0 amide bonds. The second kappa shape index (κ2) is 50.0. The van der Waals surface area contributed by atoms with E-state index in [0.29, 0.717) is 19.3 Å². The van der Waals surface area contributed by atoms with Crippen molar-refractivity contribution >= 4 is 17.9 Å². The van der Waals surface area contributed by atoms with Crippen molar-refractivity contribution in [2.24, 2.45) is 0 Å². The maximum absolute atomic E-state index is 12.8. The number of hydrogen-bond donors (Lipinski definition) is 0. The Kier molecular flexibility index (Phi) is 47.0. The third-order valence-corrected chi connectivity index (χ3v) is 10.3. The van der Waals surface area contributed by atoms with Gasteiger partial charge in [-0.05, 0) is 109 Å². The Bertz CT molecular complexity index is 1260. The van der Waals surface area contributed by atoms with E-state index >= 15 is 0 Å². The maximum atomic E-state index is 12.8. The quantitative estimate of drug-likeness (QED) is 0.0263. The van der Waals surface area contributed by atoms with E-state index in [1.807, 2.05) is 0 Å². The molecule has 1 atom stereocenters. The van der Waals surface area contributed by atoms with Crippen molar-refractivity contribution in [2.45, 2.75) is 226 Å². The van der Waals surface area contributed by atoms with E-state index in [1.54, 1.807) is 0 Å². The molecule has 0 aliphatic heterocycles. The van der Waals surface area contributed by atoms with Crippen molar-refractivity contribution in [3.63, 3.8) is 0 Å². The molecule has 0 aromatic carbocycles. The van der Waals surface area contributed by atoms with Crippen LogP contribution in [0.4, 0.5) is 0 Å². The summed E-state index contributed by atoms with van der Waals surface area (Å²) in [6.07, 6.45) is 65.3. The molecular formula is C56H92O6. The van der Waals surface area contributed by atoms with E-state index in [1.165, 1.54) is 19.3 Å². The summed E-state index contributed by atoms with van der Waals surface area (Å²) in [6, 6.07) is 0. The van der Waals surface area contributed by atoms with Crippen molar-refractivity contribution < 1.29 is 28.6 Å². The van der Waals surface area contributed by atoms with Crippen molar-refractivity contribution in [3.8, 4) is 0 Å². The van der Waals surface area contributed by atoms with Gasteiger partial charge >= 0.3 is 17.9 Å². The highest BCUT2D eigenvalue weighted by molar-refractivity contribution is 5.71. The van der Waals surface area contributed by atoms with Crippen LogP contribution in [0.5, 0.6) is 0 Å². The first kappa shape index (κ1) is 58.3. The minimum atomic E-state index is -0.800. The van der Waals surface area contributed by atoms with Crippen LogP contribution in [0.3, 0.4) is 0 Å². The SMILES string of the molecule is CC/C=C/C/C=C/C/C=C/CCCCCCCC(=O)OC[C@@H](COC(=O)CCCCCCC/C=C/C/C=C/CCCC)OC(=O)CCCCCCC/C=C/C/C=C/C/C=C/CC. The molecule has 0 aromatic rings. The van der Waals surface area contributed by atoms with Crippen LogP contribution in [0, 0.1) is 0 Å². The highest BCUT2D eigenvalue weighted by Gasteiger charge is 2.19. The molecule has 0 N–H and O–H groups in total. The zero-order valence-corrected chi connectivity index (χ0v) is 40.1. The van der Waals surface area contributed by atoms with Crippen LogP contribution in [-0.4, -0.2) is 37.2 Å². The van der Waals surface area contributed by atoms with E-state index in [2.05, 4.69) is 118 Å². The van der Waals surface area contributed by atoms with E-state index < -0.39 is 6.10 Å². The van der Waals surface area contributed by atoms with Gasteiger partial charge in [0.05, 0.1) is 0 Å². The summed E-state index contributed by atoms with van der Waals surface area (Å²) in [4.78, 5) is 38.0. The summed E-state index contributed by atoms with van der Waals surface area (Å²) in [6.45, 7) is 6.32. The fourth-order valence-electron chi connectivity index (χ4n) is 6.54. The van der Waals surface area contributed by atoms with Crippen molar-refractivity contribution in [1.29, 1.82) is 0 Å². The molecule has 6 nitrogen and oxygen atoms in total. The lowest BCUT2D eigenvalue weighted by atomic mass is 10.1. The van der Waals surface area contributed by atoms with Crippen LogP contribution in [0.2, 0.25) is 0 Å². The molecule has 0 radical (unpaired) electrons. The first-order chi connectivity index (χ1) is 30.5. The smallest absolute Gasteiger partial charge is 0.306 e. The Morgan fingerprint density at radius 3 is 0.984 bits per heavy atom. The lowest BCUT2D eigenvalue weighted by Gasteiger charge is -2.18. The first-order valence-corrected chi connectivity index (χ1v) is 25.2. The topological polar surface area (TPSA) is 78.9 Å². The number of esters is 3. The summed E-state index contributed by atoms with van der Waals surface area (Å²) >= 11 is 0. The van der Waals surface area contributed by atoms with Crippen LogP contribution in [0.25, 0.3) is 0 Å². The van der Waals surface area contributed by atoms with Gasteiger partial charge < -0.3 is 14.2 Å². The molecule has 352 valence electrons. The number of carbonyl (C=O) groups is 3. The van der Waals surface area contributed by atoms with Crippen LogP contribution in [0.1, 0.15) is 220 Å². The molecule has 0 spiro atoms. The molecule has 0 aromatic heterocycles. The second-order valence-corrected chi connectivity index (χ2v) is 16.3. The van der Waals surface area contributed by atoms with E-state index in [4.69, 9.17) is 14.2 Å². The summed E-state index contributed by atoms with van der Waals surface area (Å²) in [5.74, 6) is -0.951. The minimum Gasteiger partial charge on any atom is -0.462 e. The van der Waals surface area contributed by atoms with Crippen LogP contribution in [0.15, 0.2) is 97.2 Å². The van der Waals surface area contributed by atoms with Gasteiger partial charge in [-0.2, -0.15) is 0 Å². The standard InChI is InChI=1S/C56H92O6/c1-4-7-10-13-16-19-22-25-28-31-34-37-40-43-46-49-55(58)61-52-53(51-60-54(57)48-45-42-39-36-33-30-27-24-21-18-15-12-9-6-3)62-56(59)50-47-44-41-38-35-32-29-26-23-20-17-14-11-8-5-2/h7-8,10-11,15-20,24-29,53H,4-6,9,12-14,21-23,30-52H2,1-3H3/b10-7+,11-8+,18-15+,19-16+,20-17+,27-24+,28-25+,29-26+/t53-/m1/s1. The molecule has 0 unspecified atom stereocenters. The molecule has 0 rings (SSSR count). The van der Waals surface area contributed by atoms with Gasteiger partial charge in [-0.1, -0.05) is 189 Å². The molecule has 62 heavy (non-hydrogen) atoms. The highest BCUT2D eigenvalue weighted by atomic mass is 16.6. The molecule has 0 saturated heterocycles. The van der Waals surface area contributed by atoms with Gasteiger partial charge in [0, 0.05) is 19.3 Å². The largest absolute Gasteiger partial charge is 0.462 e. The van der Waals surface area contributed by atoms with E-state index in [9.17, 15) is 14.4 Å². The van der Waals surface area contributed by atoms with E-state index in [-0.39, 0.29) is 31.1 Å². The molecular weight excluding hydrogens is 769 g/mol. The summed E-state index contributed by atoms with van der Waals surface area (Å²) in [7, 11) is 0. The fraction of sp³-hybridized carbons (Fsp3) is 0.661. The van der Waals surface area contributed by atoms with Gasteiger partial charge in [0.15, 0.2) is 6.10 Å². The maximum Gasteiger partial charge on any atom is 0.306 e. The Balaban J connectivity index is 4.48. The lowest BCUT2D eigenvalue weighted by molar-refractivity contribution is -0.167. The van der Waals surface area contributed by atoms with Gasteiger partial charge in [-0.3, -0.25) is 14.4 Å². The lowest BCUT2D eigenvalue weighted by Crippen LogP contribution is -2.30. The number of unbranched alkanes of at least 4 members (excludes halogenated alkanes) is 17. The van der Waals surface area contributed by atoms with Gasteiger partial charge in [0.1, 0.15) is 13.2 Å². The third-order valence-electron chi connectivity index (χ3n) is 10.3. The molecule has 0 fully saturated rings. The minimum absolute atomic E-state index is 0.0990. The fourth-order valence-corrected chi connectivity index (χ4v) is 6.54. The predicted molar refractivity (Wildman–Crippen MR) is 265 cm³/mol. The van der Waals surface area contributed by atoms with Crippen molar-refractivity contribution in [2.75, 3.05) is 13.2 Å². The van der Waals surface area contributed by atoms with Crippen LogP contribution < -0.4 is 0 Å². The Hall–Kier alpha value is -3.67. The summed E-state index contributed by atoms with van der Waals surface area (Å²) < 4.78 is 16.8. The number of rotatable bonds is 44. The molecule has 0 heterocycles. The highest BCUT2D eigenvalue weighted by Crippen LogP contribution is 2.13. The Morgan fingerprint density at radius 2 is 0.629 bits per heavy atom. The monoisotopic (exact) mass is 861 g/mol. The molecule has 0 aliphatic carbocycles. The number of hydrogen-bond acceptors (Lipinski definition) is 6. The second-order valence-electron chi connectivity index (χ2n) is 16.3. The average Bonchev–Trinajstić information content (AvgIpc) is 3.27. The summed E-state index contributed by atoms with van der Waals surface area (Å²) in [5, 5.41) is 0. The first-order valence-electron chi connectivity index (χ1n) is 25.2. The van der Waals surface area contributed by atoms with Gasteiger partial charge in [0.25, 0.3) is 0 Å². The van der Waals surface area contributed by atoms with Gasteiger partial charge in [-0.15, -0.1) is 0 Å². The average molecular weight is 861 g/mol. The van der Waals surface area contributed by atoms with Crippen LogP contribution in [-0.2, 0) is 28.6 Å². The zero-order chi connectivity index (χ0) is 45.1. The third kappa shape index (κ3) is 47.4. The number of ether oxygens (including phenoxy) is 3. The Labute approximate surface area is 381 Å². The molecule has 6 heteroatoms. The Morgan fingerprint density at radius 1 is 0.339 bits per heavy atom. The normalized spacial score (nSPS) is 12.9. The van der Waals surface area contributed by atoms with Gasteiger partial charge in [-0.25, -0.2) is 0 Å². The molecule has 0 saturated carbocycles. The van der Waals surface area contributed by atoms with E-state index in [0.717, 1.165) is 161 Å². The predicted octanol–water partition coefficient (Wildman–Crippen LogP) is 16.6. The van der Waals surface area contributed by atoms with Crippen LogP contribution >= 0.6 is 0 Å². The molecule has 0 aliphatic rings. The van der Waals surface area contributed by atoms with Crippen molar-refractivity contribution in [3.05, 3.63) is 97.2 Å². The zero-order valence-electron chi connectivity index (χ0n) is 40.1. The molecule has 0 bridgehead atoms. The van der Waals surface area contributed by atoms with Gasteiger partial charge in [0.2, 0.25) is 0 Å². The number of allylic oxidation sites excluding steroid dienone is 16. The number of carbonyl (C=O) groups excluding carboxylic acids is 3.